The number of para-hydroxylation sites is 1. The normalized spacial score (nSPS) is 10.3. The molecular weight excluding hydrogens is 354 g/mol. The van der Waals surface area contributed by atoms with E-state index < -0.39 is 5.97 Å². The SMILES string of the molecule is COc1cccc(-c2ccc(CCC(=O)Nc3ccccc3C(=O)O)cc2)c1. The summed E-state index contributed by atoms with van der Waals surface area (Å²) in [5.74, 6) is -0.477. The molecule has 3 aromatic carbocycles. The van der Waals surface area contributed by atoms with Crippen molar-refractivity contribution in [1.82, 2.24) is 0 Å². The Bertz CT molecular complexity index is 980. The van der Waals surface area contributed by atoms with Gasteiger partial charge in [0.2, 0.25) is 5.91 Å². The standard InChI is InChI=1S/C23H21NO4/c1-28-19-6-4-5-18(15-19)17-12-9-16(10-13-17)11-14-22(25)24-21-8-3-2-7-20(21)23(26)27/h2-10,12-13,15H,11,14H2,1H3,(H,24,25)(H,26,27). The minimum Gasteiger partial charge on any atom is -0.497 e. The molecule has 0 spiro atoms. The molecule has 142 valence electrons. The lowest BCUT2D eigenvalue weighted by Crippen LogP contribution is -2.15. The van der Waals surface area contributed by atoms with Crippen LogP contribution in [0.15, 0.2) is 72.8 Å². The minimum atomic E-state index is -1.07. The molecule has 0 saturated heterocycles. The highest BCUT2D eigenvalue weighted by Crippen LogP contribution is 2.24. The number of ether oxygens (including phenoxy) is 1. The van der Waals surface area contributed by atoms with E-state index in [1.807, 2.05) is 48.5 Å². The van der Waals surface area contributed by atoms with E-state index in [1.54, 1.807) is 25.3 Å². The fraction of sp³-hybridized carbons (Fsp3) is 0.130. The monoisotopic (exact) mass is 375 g/mol. The van der Waals surface area contributed by atoms with Crippen molar-refractivity contribution in [1.29, 1.82) is 0 Å². The van der Waals surface area contributed by atoms with Gasteiger partial charge in [0.15, 0.2) is 0 Å². The van der Waals surface area contributed by atoms with Crippen molar-refractivity contribution in [3.63, 3.8) is 0 Å². The number of aromatic carboxylic acids is 1. The van der Waals surface area contributed by atoms with Gasteiger partial charge in [0.1, 0.15) is 5.75 Å². The quantitative estimate of drug-likeness (QED) is 0.631. The zero-order chi connectivity index (χ0) is 19.9. The van der Waals surface area contributed by atoms with Crippen LogP contribution >= 0.6 is 0 Å². The second kappa shape index (κ2) is 8.86. The van der Waals surface area contributed by atoms with Crippen LogP contribution in [-0.4, -0.2) is 24.1 Å². The molecule has 0 heterocycles. The second-order valence-corrected chi connectivity index (χ2v) is 6.33. The van der Waals surface area contributed by atoms with Crippen molar-refractivity contribution in [2.24, 2.45) is 0 Å². The number of methoxy groups -OCH3 is 1. The van der Waals surface area contributed by atoms with E-state index in [0.717, 1.165) is 22.4 Å². The summed E-state index contributed by atoms with van der Waals surface area (Å²) >= 11 is 0. The van der Waals surface area contributed by atoms with Gasteiger partial charge in [0, 0.05) is 6.42 Å². The number of carboxylic acid groups (broad SMARTS) is 1. The highest BCUT2D eigenvalue weighted by atomic mass is 16.5. The smallest absolute Gasteiger partial charge is 0.337 e. The Balaban J connectivity index is 1.60. The third kappa shape index (κ3) is 4.76. The maximum Gasteiger partial charge on any atom is 0.337 e. The first kappa shape index (κ1) is 19.2. The molecule has 0 fully saturated rings. The average molecular weight is 375 g/mol. The van der Waals surface area contributed by atoms with Gasteiger partial charge in [-0.05, 0) is 47.4 Å². The highest BCUT2D eigenvalue weighted by Gasteiger charge is 2.11. The van der Waals surface area contributed by atoms with Crippen LogP contribution in [0.1, 0.15) is 22.3 Å². The van der Waals surface area contributed by atoms with E-state index in [2.05, 4.69) is 5.32 Å². The number of nitrogens with one attached hydrogen (secondary N) is 1. The number of benzene rings is 3. The van der Waals surface area contributed by atoms with E-state index in [1.165, 1.54) is 6.07 Å². The number of hydrogen-bond donors (Lipinski definition) is 2. The number of rotatable bonds is 7. The number of aryl methyl sites for hydroxylation is 1. The van der Waals surface area contributed by atoms with Gasteiger partial charge in [0.25, 0.3) is 0 Å². The number of hydrogen-bond acceptors (Lipinski definition) is 3. The lowest BCUT2D eigenvalue weighted by Gasteiger charge is -2.09. The van der Waals surface area contributed by atoms with Gasteiger partial charge in [-0.2, -0.15) is 0 Å². The molecule has 0 aromatic heterocycles. The minimum absolute atomic E-state index is 0.0819. The zero-order valence-corrected chi connectivity index (χ0v) is 15.5. The first-order chi connectivity index (χ1) is 13.6. The summed E-state index contributed by atoms with van der Waals surface area (Å²) in [6, 6.07) is 22.2. The molecule has 0 radical (unpaired) electrons. The first-order valence-electron chi connectivity index (χ1n) is 8.92. The van der Waals surface area contributed by atoms with Crippen LogP contribution < -0.4 is 10.1 Å². The topological polar surface area (TPSA) is 75.6 Å². The van der Waals surface area contributed by atoms with Crippen molar-refractivity contribution in [3.8, 4) is 16.9 Å². The van der Waals surface area contributed by atoms with Crippen molar-refractivity contribution < 1.29 is 19.4 Å². The molecule has 28 heavy (non-hydrogen) atoms. The van der Waals surface area contributed by atoms with E-state index in [4.69, 9.17) is 4.74 Å². The van der Waals surface area contributed by atoms with Crippen LogP contribution in [0.25, 0.3) is 11.1 Å². The van der Waals surface area contributed by atoms with Crippen LogP contribution in [0.4, 0.5) is 5.69 Å². The van der Waals surface area contributed by atoms with Crippen LogP contribution in [0.5, 0.6) is 5.75 Å². The van der Waals surface area contributed by atoms with Crippen LogP contribution in [0.3, 0.4) is 0 Å². The van der Waals surface area contributed by atoms with Gasteiger partial charge in [-0.3, -0.25) is 4.79 Å². The van der Waals surface area contributed by atoms with Crippen molar-refractivity contribution >= 4 is 17.6 Å². The molecule has 3 rings (SSSR count). The number of carboxylic acids is 1. The van der Waals surface area contributed by atoms with Gasteiger partial charge in [0.05, 0.1) is 18.4 Å². The first-order valence-corrected chi connectivity index (χ1v) is 8.92. The van der Waals surface area contributed by atoms with Crippen LogP contribution in [0, 0.1) is 0 Å². The van der Waals surface area contributed by atoms with Gasteiger partial charge in [-0.25, -0.2) is 4.79 Å². The molecule has 0 atom stereocenters. The Hall–Kier alpha value is -3.60. The van der Waals surface area contributed by atoms with Gasteiger partial charge in [-0.1, -0.05) is 48.5 Å². The largest absolute Gasteiger partial charge is 0.497 e. The van der Waals surface area contributed by atoms with Gasteiger partial charge in [-0.15, -0.1) is 0 Å². The third-order valence-corrected chi connectivity index (χ3v) is 4.43. The fourth-order valence-corrected chi connectivity index (χ4v) is 2.92. The molecule has 0 bridgehead atoms. The van der Waals surface area contributed by atoms with Gasteiger partial charge >= 0.3 is 5.97 Å². The molecule has 0 unspecified atom stereocenters. The highest BCUT2D eigenvalue weighted by molar-refractivity contribution is 6.00. The predicted molar refractivity (Wildman–Crippen MR) is 109 cm³/mol. The molecule has 0 saturated carbocycles. The Labute approximate surface area is 163 Å². The summed E-state index contributed by atoms with van der Waals surface area (Å²) < 4.78 is 5.26. The third-order valence-electron chi connectivity index (χ3n) is 4.43. The van der Waals surface area contributed by atoms with Crippen molar-refractivity contribution in [2.75, 3.05) is 12.4 Å². The second-order valence-electron chi connectivity index (χ2n) is 6.33. The summed E-state index contributed by atoms with van der Waals surface area (Å²) in [6.07, 6.45) is 0.839. The van der Waals surface area contributed by atoms with Gasteiger partial charge < -0.3 is 15.2 Å². The molecule has 3 aromatic rings. The lowest BCUT2D eigenvalue weighted by molar-refractivity contribution is -0.116. The molecule has 2 N–H and O–H groups in total. The predicted octanol–water partition coefficient (Wildman–Crippen LogP) is 4.63. The molecule has 5 nitrogen and oxygen atoms in total. The lowest BCUT2D eigenvalue weighted by atomic mass is 10.0. The summed E-state index contributed by atoms with van der Waals surface area (Å²) in [4.78, 5) is 23.4. The number of carbonyl (C=O) groups excluding carboxylic acids is 1. The molecule has 1 amide bonds. The van der Waals surface area contributed by atoms with Crippen LogP contribution in [-0.2, 0) is 11.2 Å². The van der Waals surface area contributed by atoms with E-state index in [-0.39, 0.29) is 17.9 Å². The molecular formula is C23H21NO4. The van der Waals surface area contributed by atoms with E-state index >= 15 is 0 Å². The summed E-state index contributed by atoms with van der Waals surface area (Å²) in [5, 5.41) is 11.9. The number of anilines is 1. The molecule has 5 heteroatoms. The number of amides is 1. The van der Waals surface area contributed by atoms with Crippen molar-refractivity contribution in [3.05, 3.63) is 83.9 Å². The average Bonchev–Trinajstić information content (AvgIpc) is 2.73. The Morgan fingerprint density at radius 3 is 2.39 bits per heavy atom. The zero-order valence-electron chi connectivity index (χ0n) is 15.5. The summed E-state index contributed by atoms with van der Waals surface area (Å²) in [5.41, 5.74) is 3.57. The van der Waals surface area contributed by atoms with Crippen LogP contribution in [0.2, 0.25) is 0 Å². The summed E-state index contributed by atoms with van der Waals surface area (Å²) in [6.45, 7) is 0. The Kier molecular flexibility index (Phi) is 6.07. The van der Waals surface area contributed by atoms with E-state index in [0.29, 0.717) is 12.1 Å². The molecule has 0 aliphatic carbocycles. The Morgan fingerprint density at radius 1 is 0.929 bits per heavy atom. The molecule has 0 aliphatic rings. The molecule has 0 aliphatic heterocycles. The fourth-order valence-electron chi connectivity index (χ4n) is 2.92. The maximum absolute atomic E-state index is 12.2. The van der Waals surface area contributed by atoms with E-state index in [9.17, 15) is 14.7 Å². The number of carbonyl (C=O) groups is 2. The van der Waals surface area contributed by atoms with Crippen molar-refractivity contribution in [2.45, 2.75) is 12.8 Å². The Morgan fingerprint density at radius 2 is 1.68 bits per heavy atom. The summed E-state index contributed by atoms with van der Waals surface area (Å²) in [7, 11) is 1.64. The maximum atomic E-state index is 12.2.